The molecule has 0 bridgehead atoms. The van der Waals surface area contributed by atoms with E-state index in [4.69, 9.17) is 4.98 Å². The SMILES string of the molecule is Cc1cccc(Nc2cccc(C3CCN(Cc4cn(C)nc4C)CC3)n2)n1. The Balaban J connectivity index is 1.37. The van der Waals surface area contributed by atoms with E-state index in [-0.39, 0.29) is 0 Å². The number of piperidine rings is 1. The molecule has 4 heterocycles. The number of hydrogen-bond donors (Lipinski definition) is 1. The summed E-state index contributed by atoms with van der Waals surface area (Å²) >= 11 is 0. The molecule has 0 amide bonds. The maximum absolute atomic E-state index is 4.86. The van der Waals surface area contributed by atoms with Gasteiger partial charge >= 0.3 is 0 Å². The van der Waals surface area contributed by atoms with Crippen molar-refractivity contribution in [2.24, 2.45) is 7.05 Å². The highest BCUT2D eigenvalue weighted by molar-refractivity contribution is 5.51. The quantitative estimate of drug-likeness (QED) is 0.731. The summed E-state index contributed by atoms with van der Waals surface area (Å²) in [7, 11) is 1.99. The minimum absolute atomic E-state index is 0.512. The summed E-state index contributed by atoms with van der Waals surface area (Å²) < 4.78 is 1.91. The van der Waals surface area contributed by atoms with E-state index in [0.29, 0.717) is 5.92 Å². The molecule has 1 fully saturated rings. The van der Waals surface area contributed by atoms with Gasteiger partial charge in [-0.2, -0.15) is 5.10 Å². The van der Waals surface area contributed by atoms with Crippen LogP contribution in [0.4, 0.5) is 11.6 Å². The molecular weight excluding hydrogens is 348 g/mol. The lowest BCUT2D eigenvalue weighted by Gasteiger charge is -2.31. The zero-order valence-electron chi connectivity index (χ0n) is 16.9. The van der Waals surface area contributed by atoms with Gasteiger partial charge in [-0.3, -0.25) is 9.58 Å². The second-order valence-corrected chi connectivity index (χ2v) is 7.70. The van der Waals surface area contributed by atoms with Crippen LogP contribution in [0.15, 0.2) is 42.6 Å². The van der Waals surface area contributed by atoms with Crippen molar-refractivity contribution in [2.45, 2.75) is 39.2 Å². The van der Waals surface area contributed by atoms with Gasteiger partial charge in [0.05, 0.1) is 5.69 Å². The molecule has 1 N–H and O–H groups in total. The molecule has 4 rings (SSSR count). The molecule has 6 heteroatoms. The van der Waals surface area contributed by atoms with Gasteiger partial charge in [-0.1, -0.05) is 12.1 Å². The van der Waals surface area contributed by atoms with Crippen molar-refractivity contribution in [3.8, 4) is 0 Å². The molecule has 146 valence electrons. The molecule has 1 aliphatic heterocycles. The highest BCUT2D eigenvalue weighted by Crippen LogP contribution is 2.28. The first-order valence-electron chi connectivity index (χ1n) is 9.96. The van der Waals surface area contributed by atoms with Crippen LogP contribution in [-0.2, 0) is 13.6 Å². The Labute approximate surface area is 166 Å². The molecule has 0 aromatic carbocycles. The van der Waals surface area contributed by atoms with Crippen molar-refractivity contribution in [1.29, 1.82) is 0 Å². The zero-order chi connectivity index (χ0) is 19.5. The van der Waals surface area contributed by atoms with E-state index in [1.807, 2.05) is 42.9 Å². The fourth-order valence-electron chi connectivity index (χ4n) is 3.92. The van der Waals surface area contributed by atoms with Crippen molar-refractivity contribution >= 4 is 11.6 Å². The van der Waals surface area contributed by atoms with Crippen LogP contribution >= 0.6 is 0 Å². The highest BCUT2D eigenvalue weighted by atomic mass is 15.3. The lowest BCUT2D eigenvalue weighted by molar-refractivity contribution is 0.203. The standard InChI is InChI=1S/C22H28N6/c1-16-6-4-8-21(23-16)25-22-9-5-7-20(24-22)18-10-12-28(13-11-18)15-19-14-27(3)26-17(19)2/h4-9,14,18H,10-13,15H2,1-3H3,(H,23,24,25). The molecule has 0 saturated carbocycles. The van der Waals surface area contributed by atoms with Crippen LogP contribution in [0.5, 0.6) is 0 Å². The number of nitrogens with one attached hydrogen (secondary N) is 1. The van der Waals surface area contributed by atoms with Crippen LogP contribution in [0.25, 0.3) is 0 Å². The third-order valence-electron chi connectivity index (χ3n) is 5.43. The van der Waals surface area contributed by atoms with Crippen LogP contribution in [0, 0.1) is 13.8 Å². The first-order chi connectivity index (χ1) is 13.6. The number of aromatic nitrogens is 4. The molecule has 0 radical (unpaired) electrons. The van der Waals surface area contributed by atoms with Crippen LogP contribution in [-0.4, -0.2) is 37.7 Å². The second kappa shape index (κ2) is 8.10. The van der Waals surface area contributed by atoms with Gasteiger partial charge in [0.2, 0.25) is 0 Å². The van der Waals surface area contributed by atoms with Crippen molar-refractivity contribution in [3.05, 3.63) is 65.2 Å². The molecule has 28 heavy (non-hydrogen) atoms. The van der Waals surface area contributed by atoms with Gasteiger partial charge in [-0.05, 0) is 64.0 Å². The van der Waals surface area contributed by atoms with Crippen LogP contribution in [0.3, 0.4) is 0 Å². The first kappa shape index (κ1) is 18.6. The van der Waals surface area contributed by atoms with Gasteiger partial charge in [0.1, 0.15) is 11.6 Å². The van der Waals surface area contributed by atoms with Gasteiger partial charge in [-0.25, -0.2) is 9.97 Å². The summed E-state index contributed by atoms with van der Waals surface area (Å²) in [5.41, 5.74) is 4.64. The predicted octanol–water partition coefficient (Wildman–Crippen LogP) is 3.95. The molecule has 3 aromatic heterocycles. The fraction of sp³-hybridized carbons (Fsp3) is 0.409. The minimum atomic E-state index is 0.512. The Morgan fingerprint density at radius 1 is 1.00 bits per heavy atom. The monoisotopic (exact) mass is 376 g/mol. The molecule has 1 saturated heterocycles. The van der Waals surface area contributed by atoms with Crippen molar-refractivity contribution < 1.29 is 0 Å². The van der Waals surface area contributed by atoms with E-state index in [2.05, 4.69) is 45.6 Å². The number of likely N-dealkylation sites (tertiary alicyclic amines) is 1. The average Bonchev–Trinajstić information content (AvgIpc) is 2.99. The first-order valence-corrected chi connectivity index (χ1v) is 9.96. The maximum Gasteiger partial charge on any atom is 0.131 e. The van der Waals surface area contributed by atoms with E-state index in [0.717, 1.165) is 55.5 Å². The minimum Gasteiger partial charge on any atom is -0.325 e. The Morgan fingerprint density at radius 3 is 2.39 bits per heavy atom. The summed E-state index contributed by atoms with van der Waals surface area (Å²) in [4.78, 5) is 11.9. The van der Waals surface area contributed by atoms with E-state index >= 15 is 0 Å². The number of pyridine rings is 2. The maximum atomic E-state index is 4.86. The Kier molecular flexibility index (Phi) is 5.39. The van der Waals surface area contributed by atoms with Crippen molar-refractivity contribution in [2.75, 3.05) is 18.4 Å². The normalized spacial score (nSPS) is 15.7. The van der Waals surface area contributed by atoms with Gasteiger partial charge in [-0.15, -0.1) is 0 Å². The average molecular weight is 377 g/mol. The largest absolute Gasteiger partial charge is 0.325 e. The van der Waals surface area contributed by atoms with Crippen LogP contribution in [0.1, 0.15) is 41.4 Å². The number of aryl methyl sites for hydroxylation is 3. The van der Waals surface area contributed by atoms with Gasteiger partial charge in [0.15, 0.2) is 0 Å². The number of anilines is 2. The van der Waals surface area contributed by atoms with Gasteiger partial charge in [0, 0.05) is 42.7 Å². The van der Waals surface area contributed by atoms with Crippen molar-refractivity contribution in [1.82, 2.24) is 24.6 Å². The molecule has 6 nitrogen and oxygen atoms in total. The Hall–Kier alpha value is -2.73. The summed E-state index contributed by atoms with van der Waals surface area (Å²) in [5, 5.41) is 7.79. The smallest absolute Gasteiger partial charge is 0.131 e. The third kappa shape index (κ3) is 4.39. The summed E-state index contributed by atoms with van der Waals surface area (Å²) in [6.07, 6.45) is 4.41. The second-order valence-electron chi connectivity index (χ2n) is 7.70. The van der Waals surface area contributed by atoms with Gasteiger partial charge in [0.25, 0.3) is 0 Å². The molecule has 1 aliphatic rings. The lowest BCUT2D eigenvalue weighted by atomic mass is 9.93. The third-order valence-corrected chi connectivity index (χ3v) is 5.43. The van der Waals surface area contributed by atoms with Crippen LogP contribution in [0.2, 0.25) is 0 Å². The van der Waals surface area contributed by atoms with Gasteiger partial charge < -0.3 is 5.32 Å². The number of hydrogen-bond acceptors (Lipinski definition) is 5. The summed E-state index contributed by atoms with van der Waals surface area (Å²) in [5.74, 6) is 2.22. The Bertz CT molecular complexity index is 940. The van der Waals surface area contributed by atoms with E-state index in [1.54, 1.807) is 0 Å². The van der Waals surface area contributed by atoms with E-state index in [9.17, 15) is 0 Å². The highest BCUT2D eigenvalue weighted by Gasteiger charge is 2.22. The van der Waals surface area contributed by atoms with Crippen LogP contribution < -0.4 is 5.32 Å². The topological polar surface area (TPSA) is 58.9 Å². The van der Waals surface area contributed by atoms with E-state index < -0.39 is 0 Å². The molecule has 3 aromatic rings. The predicted molar refractivity (Wildman–Crippen MR) is 112 cm³/mol. The summed E-state index contributed by atoms with van der Waals surface area (Å²) in [6, 6.07) is 12.2. The number of nitrogens with zero attached hydrogens (tertiary/aromatic N) is 5. The molecule has 0 atom stereocenters. The number of rotatable bonds is 5. The van der Waals surface area contributed by atoms with E-state index in [1.165, 1.54) is 11.3 Å². The lowest BCUT2D eigenvalue weighted by Crippen LogP contribution is -2.32. The fourth-order valence-corrected chi connectivity index (χ4v) is 3.92. The molecule has 0 spiro atoms. The summed E-state index contributed by atoms with van der Waals surface area (Å²) in [6.45, 7) is 7.26. The molecule has 0 unspecified atom stereocenters. The molecule has 0 aliphatic carbocycles. The Morgan fingerprint density at radius 2 is 1.71 bits per heavy atom. The van der Waals surface area contributed by atoms with Crippen molar-refractivity contribution in [3.63, 3.8) is 0 Å². The zero-order valence-corrected chi connectivity index (χ0v) is 16.9. The molecular formula is C22H28N6.